The molecule has 0 saturated heterocycles. The maximum absolute atomic E-state index is 2.36. The number of aryl methyl sites for hydroxylation is 2. The molecule has 72 valence electrons. The first-order valence-corrected chi connectivity index (χ1v) is 4.84. The molecule has 1 unspecified atom stereocenters. The molecule has 0 heteroatoms. The van der Waals surface area contributed by atoms with Crippen LogP contribution in [0.4, 0.5) is 0 Å². The van der Waals surface area contributed by atoms with Crippen molar-refractivity contribution in [2.45, 2.75) is 40.5 Å². The quantitative estimate of drug-likeness (QED) is 0.564. The first-order chi connectivity index (χ1) is 5.77. The summed E-state index contributed by atoms with van der Waals surface area (Å²) in [6.45, 7) is 4.59. The molecule has 0 radical (unpaired) electrons. The molecule has 1 aromatic carbocycles. The second-order valence-electron chi connectivity index (χ2n) is 4.06. The largest absolute Gasteiger partial charge is 0.0776 e. The maximum Gasteiger partial charge on any atom is -0.0248 e. The Morgan fingerprint density at radius 1 is 1.31 bits per heavy atom. The molecule has 0 amide bonds. The lowest BCUT2D eigenvalue weighted by molar-refractivity contribution is 0.499. The third-order valence-electron chi connectivity index (χ3n) is 2.97. The Balaban J connectivity index is 0.000000845. The van der Waals surface area contributed by atoms with Gasteiger partial charge in [0.25, 0.3) is 0 Å². The van der Waals surface area contributed by atoms with Crippen molar-refractivity contribution in [3.8, 4) is 0 Å². The van der Waals surface area contributed by atoms with Gasteiger partial charge in [-0.1, -0.05) is 32.5 Å². The first-order valence-electron chi connectivity index (χ1n) is 4.84. The van der Waals surface area contributed by atoms with Gasteiger partial charge in [-0.25, -0.2) is 0 Å². The van der Waals surface area contributed by atoms with Crippen molar-refractivity contribution in [3.63, 3.8) is 0 Å². The van der Waals surface area contributed by atoms with E-state index in [1.54, 1.807) is 11.1 Å². The Kier molecular flexibility index (Phi) is 3.13. The van der Waals surface area contributed by atoms with Crippen molar-refractivity contribution in [2.75, 3.05) is 0 Å². The summed E-state index contributed by atoms with van der Waals surface area (Å²) < 4.78 is 0. The summed E-state index contributed by atoms with van der Waals surface area (Å²) in [4.78, 5) is 0. The van der Waals surface area contributed by atoms with E-state index in [2.05, 4.69) is 32.0 Å². The van der Waals surface area contributed by atoms with Gasteiger partial charge < -0.3 is 0 Å². The molecule has 1 aromatic rings. The van der Waals surface area contributed by atoms with Crippen LogP contribution in [0.2, 0.25) is 0 Å². The molecule has 0 bridgehead atoms. The van der Waals surface area contributed by atoms with Crippen LogP contribution in [0.1, 0.15) is 37.5 Å². The predicted molar refractivity (Wildman–Crippen MR) is 59.1 cm³/mol. The Hall–Kier alpha value is -0.780. The van der Waals surface area contributed by atoms with E-state index in [4.69, 9.17) is 0 Å². The van der Waals surface area contributed by atoms with Gasteiger partial charge in [0.05, 0.1) is 0 Å². The van der Waals surface area contributed by atoms with Gasteiger partial charge in [-0.3, -0.25) is 0 Å². The van der Waals surface area contributed by atoms with E-state index < -0.39 is 0 Å². The van der Waals surface area contributed by atoms with E-state index in [9.17, 15) is 0 Å². The van der Waals surface area contributed by atoms with Crippen molar-refractivity contribution in [1.29, 1.82) is 0 Å². The highest BCUT2D eigenvalue weighted by molar-refractivity contribution is 5.36. The highest BCUT2D eigenvalue weighted by Crippen LogP contribution is 2.27. The Labute approximate surface area is 82.0 Å². The fraction of sp³-hybridized carbons (Fsp3) is 0.538. The number of rotatable bonds is 0. The van der Waals surface area contributed by atoms with Crippen LogP contribution in [-0.4, -0.2) is 0 Å². The predicted octanol–water partition coefficient (Wildman–Crippen LogP) is 3.76. The van der Waals surface area contributed by atoms with E-state index in [0.717, 1.165) is 5.92 Å². The van der Waals surface area contributed by atoms with Crippen LogP contribution >= 0.6 is 0 Å². The summed E-state index contributed by atoms with van der Waals surface area (Å²) in [5.74, 6) is 0.888. The average Bonchev–Trinajstić information content (AvgIpc) is 2.07. The number of fused-ring (bicyclic) bond motifs is 1. The van der Waals surface area contributed by atoms with Gasteiger partial charge in [0.2, 0.25) is 0 Å². The van der Waals surface area contributed by atoms with Crippen LogP contribution in [0.25, 0.3) is 0 Å². The number of hydrogen-bond acceptors (Lipinski definition) is 0. The summed E-state index contributed by atoms with van der Waals surface area (Å²) in [5.41, 5.74) is 4.70. The third-order valence-corrected chi connectivity index (χ3v) is 2.97. The minimum Gasteiger partial charge on any atom is -0.0776 e. The van der Waals surface area contributed by atoms with Gasteiger partial charge in [-0.2, -0.15) is 0 Å². The third kappa shape index (κ3) is 1.93. The smallest absolute Gasteiger partial charge is 0.0248 e. The monoisotopic (exact) mass is 176 g/mol. The van der Waals surface area contributed by atoms with Crippen LogP contribution < -0.4 is 0 Å². The number of hydrogen-bond donors (Lipinski definition) is 0. The highest BCUT2D eigenvalue weighted by Gasteiger charge is 2.15. The molecule has 1 aliphatic rings. The molecule has 0 spiro atoms. The topological polar surface area (TPSA) is 0 Å². The minimum atomic E-state index is 0. The molecule has 0 N–H and O–H groups in total. The minimum absolute atomic E-state index is 0. The maximum atomic E-state index is 2.36. The molecule has 0 saturated carbocycles. The Morgan fingerprint density at radius 3 is 2.85 bits per heavy atom. The molecule has 1 atom stereocenters. The summed E-state index contributed by atoms with van der Waals surface area (Å²) in [6.07, 6.45) is 3.96. The van der Waals surface area contributed by atoms with E-state index in [1.807, 2.05) is 0 Å². The average molecular weight is 176 g/mol. The first kappa shape index (κ1) is 10.3. The highest BCUT2D eigenvalue weighted by atomic mass is 14.2. The van der Waals surface area contributed by atoms with Crippen molar-refractivity contribution in [2.24, 2.45) is 5.92 Å². The standard InChI is InChI=1S/C12H16.CH4/c1-9-6-7-11-5-3-4-10(2)12(11)8-9;/h3-5,9H,6-8H2,1-2H3;1H4. The van der Waals surface area contributed by atoms with Crippen molar-refractivity contribution < 1.29 is 0 Å². The fourth-order valence-electron chi connectivity index (χ4n) is 2.14. The van der Waals surface area contributed by atoms with Gasteiger partial charge in [0, 0.05) is 0 Å². The lowest BCUT2D eigenvalue weighted by Gasteiger charge is -2.22. The van der Waals surface area contributed by atoms with Crippen LogP contribution in [-0.2, 0) is 12.8 Å². The molecule has 2 rings (SSSR count). The van der Waals surface area contributed by atoms with Crippen molar-refractivity contribution >= 4 is 0 Å². The van der Waals surface area contributed by atoms with Crippen molar-refractivity contribution in [1.82, 2.24) is 0 Å². The summed E-state index contributed by atoms with van der Waals surface area (Å²) in [6, 6.07) is 6.70. The van der Waals surface area contributed by atoms with Crippen LogP contribution in [0.5, 0.6) is 0 Å². The molecular formula is C13H20. The molecule has 0 aliphatic heterocycles. The van der Waals surface area contributed by atoms with E-state index in [1.165, 1.54) is 24.8 Å². The second kappa shape index (κ2) is 3.95. The zero-order valence-corrected chi connectivity index (χ0v) is 7.93. The molecule has 0 fully saturated rings. The fourth-order valence-corrected chi connectivity index (χ4v) is 2.14. The normalized spacial score (nSPS) is 20.3. The molecule has 0 heterocycles. The summed E-state index contributed by atoms with van der Waals surface area (Å²) in [5, 5.41) is 0. The van der Waals surface area contributed by atoms with Gasteiger partial charge in [-0.15, -0.1) is 0 Å². The van der Waals surface area contributed by atoms with E-state index in [-0.39, 0.29) is 7.43 Å². The molecule has 0 aromatic heterocycles. The molecule has 1 aliphatic carbocycles. The van der Waals surface area contributed by atoms with Crippen molar-refractivity contribution in [3.05, 3.63) is 34.9 Å². The van der Waals surface area contributed by atoms with E-state index >= 15 is 0 Å². The van der Waals surface area contributed by atoms with E-state index in [0.29, 0.717) is 0 Å². The Morgan fingerprint density at radius 2 is 2.08 bits per heavy atom. The number of benzene rings is 1. The zero-order chi connectivity index (χ0) is 8.55. The van der Waals surface area contributed by atoms with Gasteiger partial charge >= 0.3 is 0 Å². The molecule has 13 heavy (non-hydrogen) atoms. The Bertz CT molecular complexity index is 286. The van der Waals surface area contributed by atoms with Gasteiger partial charge in [0.1, 0.15) is 0 Å². The second-order valence-corrected chi connectivity index (χ2v) is 4.06. The lowest BCUT2D eigenvalue weighted by atomic mass is 9.83. The molecular weight excluding hydrogens is 156 g/mol. The van der Waals surface area contributed by atoms with Gasteiger partial charge in [0.15, 0.2) is 0 Å². The van der Waals surface area contributed by atoms with Crippen LogP contribution in [0.15, 0.2) is 18.2 Å². The summed E-state index contributed by atoms with van der Waals surface area (Å²) in [7, 11) is 0. The molecule has 0 nitrogen and oxygen atoms in total. The van der Waals surface area contributed by atoms with Crippen LogP contribution in [0, 0.1) is 12.8 Å². The SMILES string of the molecule is C.Cc1cccc2c1CC(C)CC2. The zero-order valence-electron chi connectivity index (χ0n) is 7.93. The van der Waals surface area contributed by atoms with Crippen LogP contribution in [0.3, 0.4) is 0 Å². The van der Waals surface area contributed by atoms with Gasteiger partial charge in [-0.05, 0) is 48.8 Å². The lowest BCUT2D eigenvalue weighted by Crippen LogP contribution is -2.12. The summed E-state index contributed by atoms with van der Waals surface area (Å²) >= 11 is 0.